The monoisotopic (exact) mass is 326 g/mol. The van der Waals surface area contributed by atoms with Gasteiger partial charge in [0.15, 0.2) is 0 Å². The predicted molar refractivity (Wildman–Crippen MR) is 90.0 cm³/mol. The molecule has 0 amide bonds. The Morgan fingerprint density at radius 1 is 1.17 bits per heavy atom. The van der Waals surface area contributed by atoms with Crippen molar-refractivity contribution in [1.29, 1.82) is 5.26 Å². The van der Waals surface area contributed by atoms with Crippen LogP contribution in [0.4, 0.5) is 10.1 Å². The summed E-state index contributed by atoms with van der Waals surface area (Å²) < 4.78 is 25.2. The summed E-state index contributed by atoms with van der Waals surface area (Å²) >= 11 is 0. The highest BCUT2D eigenvalue weighted by atomic mass is 19.1. The molecular formula is C19H19FN2O2. The fourth-order valence-corrected chi connectivity index (χ4v) is 3.28. The van der Waals surface area contributed by atoms with Gasteiger partial charge >= 0.3 is 0 Å². The van der Waals surface area contributed by atoms with Crippen molar-refractivity contribution in [2.24, 2.45) is 0 Å². The second kappa shape index (κ2) is 6.79. The number of hydrogen-bond donors (Lipinski definition) is 0. The van der Waals surface area contributed by atoms with Crippen LogP contribution < -0.4 is 14.4 Å². The van der Waals surface area contributed by atoms with Crippen molar-refractivity contribution in [2.75, 3.05) is 25.7 Å². The minimum Gasteiger partial charge on any atom is -0.497 e. The first-order valence-electron chi connectivity index (χ1n) is 7.86. The minimum atomic E-state index is -0.367. The van der Waals surface area contributed by atoms with Crippen molar-refractivity contribution in [2.45, 2.75) is 18.9 Å². The van der Waals surface area contributed by atoms with Gasteiger partial charge in [0.2, 0.25) is 0 Å². The number of nitrogens with zero attached hydrogens (tertiary/aromatic N) is 2. The van der Waals surface area contributed by atoms with E-state index in [2.05, 4.69) is 0 Å². The molecule has 2 aromatic rings. The molecule has 4 nitrogen and oxygen atoms in total. The molecule has 0 bridgehead atoms. The number of hydrogen-bond acceptors (Lipinski definition) is 4. The van der Waals surface area contributed by atoms with Crippen LogP contribution in [0.5, 0.6) is 11.5 Å². The van der Waals surface area contributed by atoms with E-state index in [0.29, 0.717) is 11.3 Å². The average molecular weight is 326 g/mol. The Kier molecular flexibility index (Phi) is 4.57. The van der Waals surface area contributed by atoms with Crippen LogP contribution in [0.25, 0.3) is 0 Å². The Bertz CT molecular complexity index is 785. The van der Waals surface area contributed by atoms with Gasteiger partial charge in [-0.15, -0.1) is 0 Å². The Morgan fingerprint density at radius 2 is 2.00 bits per heavy atom. The normalized spacial score (nSPS) is 16.8. The smallest absolute Gasteiger partial charge is 0.147 e. The highest BCUT2D eigenvalue weighted by Crippen LogP contribution is 2.41. The first kappa shape index (κ1) is 16.1. The van der Waals surface area contributed by atoms with E-state index in [0.717, 1.165) is 36.4 Å². The maximum absolute atomic E-state index is 14.4. The molecule has 1 unspecified atom stereocenters. The summed E-state index contributed by atoms with van der Waals surface area (Å²) in [4.78, 5) is 2.04. The van der Waals surface area contributed by atoms with E-state index in [1.165, 1.54) is 6.07 Å². The molecule has 24 heavy (non-hydrogen) atoms. The third kappa shape index (κ3) is 2.88. The molecule has 0 aromatic heterocycles. The van der Waals surface area contributed by atoms with Gasteiger partial charge in [0, 0.05) is 18.2 Å². The van der Waals surface area contributed by atoms with Gasteiger partial charge in [-0.3, -0.25) is 0 Å². The fraction of sp³-hybridized carbons (Fsp3) is 0.316. The van der Waals surface area contributed by atoms with Gasteiger partial charge in [-0.25, -0.2) is 4.39 Å². The summed E-state index contributed by atoms with van der Waals surface area (Å²) in [6, 6.07) is 12.3. The van der Waals surface area contributed by atoms with Crippen molar-refractivity contribution in [3.05, 3.63) is 53.3 Å². The van der Waals surface area contributed by atoms with Crippen LogP contribution in [0.3, 0.4) is 0 Å². The number of nitriles is 1. The van der Waals surface area contributed by atoms with E-state index in [1.807, 2.05) is 29.2 Å². The number of rotatable bonds is 4. The number of benzene rings is 2. The van der Waals surface area contributed by atoms with Crippen LogP contribution >= 0.6 is 0 Å². The molecule has 3 rings (SSSR count). The minimum absolute atomic E-state index is 0.0355. The zero-order valence-corrected chi connectivity index (χ0v) is 13.8. The van der Waals surface area contributed by atoms with Gasteiger partial charge < -0.3 is 14.4 Å². The molecule has 1 fully saturated rings. The molecule has 2 aromatic carbocycles. The van der Waals surface area contributed by atoms with E-state index >= 15 is 0 Å². The van der Waals surface area contributed by atoms with Crippen molar-refractivity contribution in [3.63, 3.8) is 0 Å². The summed E-state index contributed by atoms with van der Waals surface area (Å²) in [5.74, 6) is 1.10. The molecule has 1 aliphatic rings. The first-order valence-corrected chi connectivity index (χ1v) is 7.86. The first-order chi connectivity index (χ1) is 11.7. The quantitative estimate of drug-likeness (QED) is 0.850. The van der Waals surface area contributed by atoms with Gasteiger partial charge in [-0.1, -0.05) is 0 Å². The summed E-state index contributed by atoms with van der Waals surface area (Å²) in [5.41, 5.74) is 1.86. The zero-order valence-electron chi connectivity index (χ0n) is 13.8. The van der Waals surface area contributed by atoms with E-state index in [9.17, 15) is 4.39 Å². The Hall–Kier alpha value is -2.74. The largest absolute Gasteiger partial charge is 0.497 e. The Balaban J connectivity index is 1.98. The summed E-state index contributed by atoms with van der Waals surface area (Å²) in [7, 11) is 3.24. The zero-order chi connectivity index (χ0) is 17.1. The molecule has 0 radical (unpaired) electrons. The average Bonchev–Trinajstić information content (AvgIpc) is 3.10. The fourth-order valence-electron chi connectivity index (χ4n) is 3.28. The molecule has 1 saturated heterocycles. The summed E-state index contributed by atoms with van der Waals surface area (Å²) in [5, 5.41) is 8.91. The number of anilines is 1. The topological polar surface area (TPSA) is 45.5 Å². The van der Waals surface area contributed by atoms with Crippen LogP contribution in [-0.4, -0.2) is 20.8 Å². The van der Waals surface area contributed by atoms with Crippen LogP contribution in [-0.2, 0) is 0 Å². The molecule has 0 N–H and O–H groups in total. The van der Waals surface area contributed by atoms with Crippen LogP contribution in [0.1, 0.15) is 30.0 Å². The lowest BCUT2D eigenvalue weighted by Gasteiger charge is -2.28. The Morgan fingerprint density at radius 3 is 2.67 bits per heavy atom. The molecule has 0 spiro atoms. The van der Waals surface area contributed by atoms with Gasteiger partial charge in [0.25, 0.3) is 0 Å². The maximum Gasteiger partial charge on any atom is 0.147 e. The van der Waals surface area contributed by atoms with Crippen molar-refractivity contribution >= 4 is 5.69 Å². The molecule has 1 aliphatic heterocycles. The second-order valence-corrected chi connectivity index (χ2v) is 5.74. The molecule has 5 heteroatoms. The Labute approximate surface area is 141 Å². The molecular weight excluding hydrogens is 307 g/mol. The SMILES string of the molecule is COc1ccc(C2CCCN2c2ccc(C#N)cc2F)c(OC)c1. The standard InChI is InChI=1S/C19H19FN2O2/c1-23-14-6-7-15(19(11-14)24-2)17-4-3-9-22(17)18-8-5-13(12-21)10-16(18)20/h5-8,10-11,17H,3-4,9H2,1-2H3. The van der Waals surface area contributed by atoms with Gasteiger partial charge in [-0.2, -0.15) is 5.26 Å². The third-order valence-corrected chi connectivity index (χ3v) is 4.44. The third-order valence-electron chi connectivity index (χ3n) is 4.44. The molecule has 1 heterocycles. The van der Waals surface area contributed by atoms with Gasteiger partial charge in [0.1, 0.15) is 17.3 Å². The highest BCUT2D eigenvalue weighted by Gasteiger charge is 2.30. The highest BCUT2D eigenvalue weighted by molar-refractivity contribution is 5.56. The second-order valence-electron chi connectivity index (χ2n) is 5.74. The van der Waals surface area contributed by atoms with E-state index in [1.54, 1.807) is 26.4 Å². The maximum atomic E-state index is 14.4. The summed E-state index contributed by atoms with van der Waals surface area (Å²) in [6.07, 6.45) is 1.89. The lowest BCUT2D eigenvalue weighted by atomic mass is 10.0. The number of halogens is 1. The van der Waals surface area contributed by atoms with E-state index in [4.69, 9.17) is 14.7 Å². The number of ether oxygens (including phenoxy) is 2. The van der Waals surface area contributed by atoms with Gasteiger partial charge in [-0.05, 0) is 43.2 Å². The molecule has 0 saturated carbocycles. The van der Waals surface area contributed by atoms with Crippen molar-refractivity contribution in [3.8, 4) is 17.6 Å². The molecule has 0 aliphatic carbocycles. The molecule has 124 valence electrons. The predicted octanol–water partition coefficient (Wildman–Crippen LogP) is 4.06. The van der Waals surface area contributed by atoms with E-state index in [-0.39, 0.29) is 11.9 Å². The molecule has 1 atom stereocenters. The van der Waals surface area contributed by atoms with E-state index < -0.39 is 0 Å². The lowest BCUT2D eigenvalue weighted by Crippen LogP contribution is -2.24. The van der Waals surface area contributed by atoms with Crippen molar-refractivity contribution < 1.29 is 13.9 Å². The van der Waals surface area contributed by atoms with Crippen molar-refractivity contribution in [1.82, 2.24) is 0 Å². The lowest BCUT2D eigenvalue weighted by molar-refractivity contribution is 0.388. The van der Waals surface area contributed by atoms with Crippen LogP contribution in [0, 0.1) is 17.1 Å². The summed E-state index contributed by atoms with van der Waals surface area (Å²) in [6.45, 7) is 0.767. The van der Waals surface area contributed by atoms with Crippen LogP contribution in [0.15, 0.2) is 36.4 Å². The number of methoxy groups -OCH3 is 2. The van der Waals surface area contributed by atoms with Gasteiger partial charge in [0.05, 0.1) is 37.6 Å². The van der Waals surface area contributed by atoms with Crippen LogP contribution in [0.2, 0.25) is 0 Å².